The number of halogens is 1. The molecule has 3 aromatic rings. The molecule has 34 heavy (non-hydrogen) atoms. The Morgan fingerprint density at radius 2 is 1.97 bits per heavy atom. The predicted octanol–water partition coefficient (Wildman–Crippen LogP) is 6.16. The molecule has 0 unspecified atom stereocenters. The van der Waals surface area contributed by atoms with Gasteiger partial charge in [0.25, 0.3) is 5.91 Å². The molecule has 2 amide bonds. The van der Waals surface area contributed by atoms with Gasteiger partial charge in [0.1, 0.15) is 18.9 Å². The van der Waals surface area contributed by atoms with Gasteiger partial charge in [-0.1, -0.05) is 37.9 Å². The maximum absolute atomic E-state index is 13.6. The topological polar surface area (TPSA) is 49.9 Å². The van der Waals surface area contributed by atoms with E-state index >= 15 is 0 Å². The molecule has 5 nitrogen and oxygen atoms in total. The van der Waals surface area contributed by atoms with E-state index in [4.69, 9.17) is 16.3 Å². The summed E-state index contributed by atoms with van der Waals surface area (Å²) < 4.78 is 6.07. The summed E-state index contributed by atoms with van der Waals surface area (Å²) in [5.41, 5.74) is 1.14. The highest BCUT2D eigenvalue weighted by Crippen LogP contribution is 2.34. The lowest BCUT2D eigenvalue weighted by Crippen LogP contribution is -2.48. The summed E-state index contributed by atoms with van der Waals surface area (Å²) >= 11 is 9.13. The molecule has 0 saturated carbocycles. The van der Waals surface area contributed by atoms with Gasteiger partial charge < -0.3 is 14.5 Å². The van der Waals surface area contributed by atoms with Crippen molar-refractivity contribution < 1.29 is 14.3 Å². The van der Waals surface area contributed by atoms with Crippen LogP contribution in [0.25, 0.3) is 0 Å². The fourth-order valence-corrected chi connectivity index (χ4v) is 5.86. The zero-order valence-electron chi connectivity index (χ0n) is 19.4. The van der Waals surface area contributed by atoms with Crippen LogP contribution in [0.4, 0.5) is 0 Å². The smallest absolute Gasteiger partial charge is 0.264 e. The molecule has 1 aromatic carbocycles. The number of carbonyl (C=O) groups excluding carboxylic acids is 2. The number of nitrogens with zero attached hydrogens (tertiary/aromatic N) is 2. The fourth-order valence-electron chi connectivity index (χ4n) is 4.12. The van der Waals surface area contributed by atoms with E-state index in [9.17, 15) is 9.59 Å². The van der Waals surface area contributed by atoms with Crippen molar-refractivity contribution in [2.75, 3.05) is 26.2 Å². The maximum Gasteiger partial charge on any atom is 0.264 e. The van der Waals surface area contributed by atoms with E-state index < -0.39 is 0 Å². The van der Waals surface area contributed by atoms with Crippen molar-refractivity contribution >= 4 is 46.1 Å². The van der Waals surface area contributed by atoms with Crippen LogP contribution in [0.3, 0.4) is 0 Å². The van der Waals surface area contributed by atoms with Crippen molar-refractivity contribution in [1.29, 1.82) is 0 Å². The molecule has 0 N–H and O–H groups in total. The molecule has 1 aliphatic heterocycles. The van der Waals surface area contributed by atoms with E-state index in [1.807, 2.05) is 34.5 Å². The van der Waals surface area contributed by atoms with E-state index in [2.05, 4.69) is 25.3 Å². The summed E-state index contributed by atoms with van der Waals surface area (Å²) in [4.78, 5) is 32.4. The number of rotatable bonds is 9. The molecule has 3 heterocycles. The third-order valence-corrected chi connectivity index (χ3v) is 8.32. The number of carbonyl (C=O) groups is 2. The van der Waals surface area contributed by atoms with E-state index in [-0.39, 0.29) is 24.4 Å². The lowest BCUT2D eigenvalue weighted by molar-refractivity contribution is -0.135. The SMILES string of the molecule is CC[C@H](C)CN(CC(=O)N1CCc2sccc2[C@@H]1COc1ccc(Cl)cc1)C(=O)c1cccs1. The van der Waals surface area contributed by atoms with Gasteiger partial charge in [-0.05, 0) is 65.1 Å². The van der Waals surface area contributed by atoms with Crippen molar-refractivity contribution in [1.82, 2.24) is 9.80 Å². The van der Waals surface area contributed by atoms with Crippen LogP contribution in [0.2, 0.25) is 5.02 Å². The van der Waals surface area contributed by atoms with E-state index in [1.165, 1.54) is 16.2 Å². The Hall–Kier alpha value is -2.35. The van der Waals surface area contributed by atoms with Gasteiger partial charge in [-0.25, -0.2) is 0 Å². The number of ether oxygens (including phenoxy) is 1. The lowest BCUT2D eigenvalue weighted by Gasteiger charge is -2.37. The summed E-state index contributed by atoms with van der Waals surface area (Å²) in [6.45, 7) is 5.81. The third-order valence-electron chi connectivity index (χ3n) is 6.21. The zero-order valence-corrected chi connectivity index (χ0v) is 21.8. The Morgan fingerprint density at radius 3 is 2.68 bits per heavy atom. The zero-order chi connectivity index (χ0) is 24.1. The van der Waals surface area contributed by atoms with E-state index in [0.29, 0.717) is 41.3 Å². The van der Waals surface area contributed by atoms with Crippen molar-refractivity contribution in [3.63, 3.8) is 0 Å². The molecule has 0 spiro atoms. The normalized spacial score (nSPS) is 16.1. The molecule has 0 radical (unpaired) electrons. The second-order valence-corrected chi connectivity index (χ2v) is 11.0. The first-order valence-corrected chi connectivity index (χ1v) is 13.7. The first-order chi connectivity index (χ1) is 16.5. The van der Waals surface area contributed by atoms with E-state index in [1.54, 1.807) is 28.4 Å². The van der Waals surface area contributed by atoms with Crippen LogP contribution in [-0.2, 0) is 11.2 Å². The molecule has 0 bridgehead atoms. The summed E-state index contributed by atoms with van der Waals surface area (Å²) in [6, 6.07) is 12.8. The molecule has 0 fully saturated rings. The lowest BCUT2D eigenvalue weighted by atomic mass is 10.00. The van der Waals surface area contributed by atoms with Gasteiger partial charge in [-0.15, -0.1) is 22.7 Å². The fraction of sp³-hybridized carbons (Fsp3) is 0.385. The van der Waals surface area contributed by atoms with Crippen LogP contribution >= 0.6 is 34.3 Å². The molecule has 8 heteroatoms. The summed E-state index contributed by atoms with van der Waals surface area (Å²) in [7, 11) is 0. The standard InChI is InChI=1S/C26H29ClN2O3S2/c1-3-18(2)15-28(26(31)24-5-4-13-33-24)16-25(30)29-12-10-23-21(11-14-34-23)22(29)17-32-20-8-6-19(27)7-9-20/h4-9,11,13-14,18,22H,3,10,12,15-17H2,1-2H3/t18-,22-/m0/s1. The van der Waals surface area contributed by atoms with Gasteiger partial charge in [0.05, 0.1) is 10.9 Å². The van der Waals surface area contributed by atoms with Gasteiger partial charge in [0.15, 0.2) is 0 Å². The van der Waals surface area contributed by atoms with Crippen LogP contribution < -0.4 is 4.74 Å². The van der Waals surface area contributed by atoms with Crippen molar-refractivity contribution in [3.05, 3.63) is 73.6 Å². The number of benzene rings is 1. The van der Waals surface area contributed by atoms with Crippen molar-refractivity contribution in [2.45, 2.75) is 32.7 Å². The number of amides is 2. The van der Waals surface area contributed by atoms with E-state index in [0.717, 1.165) is 18.4 Å². The van der Waals surface area contributed by atoms with Gasteiger partial charge in [-0.2, -0.15) is 0 Å². The predicted molar refractivity (Wildman–Crippen MR) is 139 cm³/mol. The molecule has 0 aliphatic carbocycles. The molecule has 4 rings (SSSR count). The number of hydrogen-bond donors (Lipinski definition) is 0. The largest absolute Gasteiger partial charge is 0.491 e. The molecule has 2 aromatic heterocycles. The summed E-state index contributed by atoms with van der Waals surface area (Å²) in [5.74, 6) is 0.900. The molecule has 180 valence electrons. The van der Waals surface area contributed by atoms with Gasteiger partial charge in [0, 0.05) is 23.0 Å². The summed E-state index contributed by atoms with van der Waals surface area (Å²) in [5, 5.41) is 4.62. The van der Waals surface area contributed by atoms with Crippen molar-refractivity contribution in [3.8, 4) is 5.75 Å². The van der Waals surface area contributed by atoms with Gasteiger partial charge in [0.2, 0.25) is 5.91 Å². The molecule has 0 saturated heterocycles. The molecule has 2 atom stereocenters. The van der Waals surface area contributed by atoms with Gasteiger partial charge in [-0.3, -0.25) is 9.59 Å². The Balaban J connectivity index is 1.52. The Morgan fingerprint density at radius 1 is 1.18 bits per heavy atom. The first kappa shape index (κ1) is 24.8. The highest BCUT2D eigenvalue weighted by molar-refractivity contribution is 7.12. The Bertz CT molecular complexity index is 1100. The van der Waals surface area contributed by atoms with Crippen molar-refractivity contribution in [2.24, 2.45) is 5.92 Å². The van der Waals surface area contributed by atoms with Crippen LogP contribution in [0.5, 0.6) is 5.75 Å². The second-order valence-electron chi connectivity index (χ2n) is 8.59. The number of hydrogen-bond acceptors (Lipinski definition) is 5. The maximum atomic E-state index is 13.6. The van der Waals surface area contributed by atoms with Crippen LogP contribution in [0.15, 0.2) is 53.2 Å². The minimum absolute atomic E-state index is 0.0465. The average molecular weight is 517 g/mol. The summed E-state index contributed by atoms with van der Waals surface area (Å²) in [6.07, 6.45) is 1.77. The average Bonchev–Trinajstić information content (AvgIpc) is 3.54. The van der Waals surface area contributed by atoms with Crippen LogP contribution in [0, 0.1) is 5.92 Å². The minimum Gasteiger partial charge on any atom is -0.491 e. The number of thiophene rings is 2. The van der Waals surface area contributed by atoms with Crippen LogP contribution in [-0.4, -0.2) is 47.9 Å². The third kappa shape index (κ3) is 5.82. The number of fused-ring (bicyclic) bond motifs is 1. The monoisotopic (exact) mass is 516 g/mol. The Labute approximate surface area is 213 Å². The first-order valence-electron chi connectivity index (χ1n) is 11.5. The highest BCUT2D eigenvalue weighted by atomic mass is 35.5. The molecular formula is C26H29ClN2O3S2. The second kappa shape index (κ2) is 11.4. The van der Waals surface area contributed by atoms with Crippen LogP contribution in [0.1, 0.15) is 46.4 Å². The quantitative estimate of drug-likeness (QED) is 0.342. The molecule has 1 aliphatic rings. The highest BCUT2D eigenvalue weighted by Gasteiger charge is 2.34. The van der Waals surface area contributed by atoms with Gasteiger partial charge >= 0.3 is 0 Å². The molecular weight excluding hydrogens is 488 g/mol. The minimum atomic E-state index is -0.194. The Kier molecular flexibility index (Phi) is 8.29.